The molecular formula is C28H39N5O4SSi. The number of carbonyl (C=O) groups excluding carboxylic acids is 1. The van der Waals surface area contributed by atoms with Crippen molar-refractivity contribution in [1.82, 2.24) is 19.5 Å². The zero-order valence-electron chi connectivity index (χ0n) is 23.8. The number of sulfonamides is 1. The Balaban J connectivity index is 1.67. The van der Waals surface area contributed by atoms with E-state index in [0.29, 0.717) is 41.7 Å². The Hall–Kier alpha value is -3.18. The summed E-state index contributed by atoms with van der Waals surface area (Å²) < 4.78 is 35.7. The molecule has 3 aromatic rings. The molecule has 1 saturated heterocycles. The highest BCUT2D eigenvalue weighted by Gasteiger charge is 2.39. The third-order valence-electron chi connectivity index (χ3n) is 7.67. The molecule has 2 aromatic heterocycles. The second kappa shape index (κ2) is 10.8. The molecule has 0 unspecified atom stereocenters. The number of anilines is 1. The third-order valence-corrected chi connectivity index (χ3v) is 13.0. The summed E-state index contributed by atoms with van der Waals surface area (Å²) in [5.41, 5.74) is 0.497. The van der Waals surface area contributed by atoms with E-state index in [9.17, 15) is 13.2 Å². The summed E-state index contributed by atoms with van der Waals surface area (Å²) in [5.74, 6) is 1.11. The highest BCUT2D eigenvalue weighted by molar-refractivity contribution is 7.90. The summed E-state index contributed by atoms with van der Waals surface area (Å²) in [6.45, 7) is 16.1. The summed E-state index contributed by atoms with van der Waals surface area (Å²) in [6.07, 6.45) is 3.36. The molecule has 11 heteroatoms. The highest BCUT2D eigenvalue weighted by Crippen LogP contribution is 2.37. The fraction of sp³-hybridized carbons (Fsp3) is 0.464. The molecule has 210 valence electrons. The van der Waals surface area contributed by atoms with E-state index < -0.39 is 24.0 Å². The molecule has 1 aliphatic heterocycles. The number of amides is 1. The smallest absolute Gasteiger partial charge is 0.268 e. The lowest BCUT2D eigenvalue weighted by Crippen LogP contribution is -2.41. The van der Waals surface area contributed by atoms with Crippen LogP contribution in [0.4, 0.5) is 5.82 Å². The molecule has 4 rings (SSSR count). The van der Waals surface area contributed by atoms with E-state index in [-0.39, 0.29) is 16.0 Å². The summed E-state index contributed by atoms with van der Waals surface area (Å²) in [6, 6.07) is 12.9. The second-order valence-corrected chi connectivity index (χ2v) is 19.2. The van der Waals surface area contributed by atoms with Gasteiger partial charge in [0.2, 0.25) is 5.88 Å². The quantitative estimate of drug-likeness (QED) is 0.360. The van der Waals surface area contributed by atoms with Gasteiger partial charge in [0.15, 0.2) is 5.82 Å². The molecule has 9 nitrogen and oxygen atoms in total. The molecule has 1 atom stereocenters. The van der Waals surface area contributed by atoms with Crippen LogP contribution in [0.2, 0.25) is 18.6 Å². The second-order valence-electron chi connectivity index (χ2n) is 12.1. The summed E-state index contributed by atoms with van der Waals surface area (Å²) >= 11 is 0. The fourth-order valence-electron chi connectivity index (χ4n) is 4.68. The third kappa shape index (κ3) is 6.35. The van der Waals surface area contributed by atoms with Gasteiger partial charge in [-0.05, 0) is 56.0 Å². The van der Waals surface area contributed by atoms with Crippen molar-refractivity contribution in [1.29, 1.82) is 0 Å². The molecule has 1 N–H and O–H groups in total. The van der Waals surface area contributed by atoms with Crippen LogP contribution in [0.5, 0.6) is 5.88 Å². The zero-order valence-corrected chi connectivity index (χ0v) is 25.6. The first-order valence-electron chi connectivity index (χ1n) is 13.3. The van der Waals surface area contributed by atoms with Gasteiger partial charge >= 0.3 is 0 Å². The van der Waals surface area contributed by atoms with Gasteiger partial charge in [-0.2, -0.15) is 0 Å². The van der Waals surface area contributed by atoms with Crippen LogP contribution in [0.25, 0.3) is 5.82 Å². The normalized spacial score (nSPS) is 17.4. The van der Waals surface area contributed by atoms with Crippen LogP contribution in [-0.4, -0.2) is 55.5 Å². The predicted octanol–water partition coefficient (Wildman–Crippen LogP) is 5.05. The number of nitrogens with zero attached hydrogens (tertiary/aromatic N) is 4. The molecule has 1 amide bonds. The monoisotopic (exact) mass is 569 g/mol. The first-order valence-corrected chi connectivity index (χ1v) is 18.1. The van der Waals surface area contributed by atoms with E-state index in [1.165, 1.54) is 12.1 Å². The Kier molecular flexibility index (Phi) is 7.95. The van der Waals surface area contributed by atoms with Gasteiger partial charge in [0.25, 0.3) is 15.9 Å². The molecule has 0 spiro atoms. The van der Waals surface area contributed by atoms with Crippen molar-refractivity contribution in [2.45, 2.75) is 70.1 Å². The predicted molar refractivity (Wildman–Crippen MR) is 156 cm³/mol. The van der Waals surface area contributed by atoms with E-state index >= 15 is 0 Å². The van der Waals surface area contributed by atoms with Gasteiger partial charge in [0.1, 0.15) is 5.82 Å². The minimum absolute atomic E-state index is 0.0207. The topological polar surface area (TPSA) is 106 Å². The van der Waals surface area contributed by atoms with Gasteiger partial charge in [0, 0.05) is 24.3 Å². The average Bonchev–Trinajstić information content (AvgIpc) is 3.45. The van der Waals surface area contributed by atoms with E-state index in [1.54, 1.807) is 47.3 Å². The molecular weight excluding hydrogens is 530 g/mol. The van der Waals surface area contributed by atoms with Crippen molar-refractivity contribution < 1.29 is 17.9 Å². The Morgan fingerprint density at radius 1 is 1.15 bits per heavy atom. The number of pyridine rings is 1. The van der Waals surface area contributed by atoms with Gasteiger partial charge in [-0.15, -0.1) is 5.10 Å². The van der Waals surface area contributed by atoms with Crippen LogP contribution in [0, 0.1) is 5.92 Å². The first kappa shape index (κ1) is 28.8. The SMILES string of the molecule is CC(C)[Si](C)(C)COc1ccn(-c2ccc(C(=O)NS(=O)(=O)c3ccccc3)c(N3C[C@@H](C)CC3(C)C)n2)n1. The minimum atomic E-state index is -4.05. The van der Waals surface area contributed by atoms with Crippen molar-refractivity contribution >= 4 is 29.8 Å². The highest BCUT2D eigenvalue weighted by atomic mass is 32.2. The van der Waals surface area contributed by atoms with Crippen LogP contribution in [0.1, 0.15) is 51.4 Å². The first-order chi connectivity index (χ1) is 18.2. The lowest BCUT2D eigenvalue weighted by Gasteiger charge is -2.34. The van der Waals surface area contributed by atoms with Crippen molar-refractivity contribution in [2.24, 2.45) is 5.92 Å². The lowest BCUT2D eigenvalue weighted by atomic mass is 9.97. The van der Waals surface area contributed by atoms with E-state index in [1.807, 2.05) is 0 Å². The van der Waals surface area contributed by atoms with E-state index in [0.717, 1.165) is 6.42 Å². The summed E-state index contributed by atoms with van der Waals surface area (Å²) in [4.78, 5) is 20.4. The Morgan fingerprint density at radius 2 is 1.85 bits per heavy atom. The maximum absolute atomic E-state index is 13.4. The van der Waals surface area contributed by atoms with Crippen LogP contribution >= 0.6 is 0 Å². The number of hydrogen-bond acceptors (Lipinski definition) is 7. The minimum Gasteiger partial charge on any atom is -0.480 e. The number of carbonyl (C=O) groups is 1. The van der Waals surface area contributed by atoms with E-state index in [2.05, 4.69) is 62.4 Å². The number of rotatable bonds is 9. The summed E-state index contributed by atoms with van der Waals surface area (Å²) in [5, 5.41) is 4.57. The Labute approximate surface area is 232 Å². The number of aromatic nitrogens is 3. The Morgan fingerprint density at radius 3 is 2.46 bits per heavy atom. The standard InChI is InChI=1S/C28H39N5O4SSi/c1-20(2)39(6,7)19-37-25-15-16-33(30-25)24-14-13-23(26(29-24)32-18-21(3)17-28(32,4)5)27(34)31-38(35,36)22-11-9-8-10-12-22/h8-16,20-21H,17-19H2,1-7H3,(H,31,34)/t21-/m0/s1. The van der Waals surface area contributed by atoms with Crippen LogP contribution < -0.4 is 14.4 Å². The molecule has 0 aliphatic carbocycles. The van der Waals surface area contributed by atoms with Crippen LogP contribution in [0.3, 0.4) is 0 Å². The number of nitrogens with one attached hydrogen (secondary N) is 1. The van der Waals surface area contributed by atoms with Crippen LogP contribution in [-0.2, 0) is 10.0 Å². The van der Waals surface area contributed by atoms with Crippen molar-refractivity contribution in [3.8, 4) is 11.7 Å². The van der Waals surface area contributed by atoms with Gasteiger partial charge in [-0.1, -0.05) is 52.1 Å². The molecule has 3 heterocycles. The number of ether oxygens (including phenoxy) is 1. The maximum atomic E-state index is 13.4. The van der Waals surface area contributed by atoms with Gasteiger partial charge in [0.05, 0.1) is 24.8 Å². The van der Waals surface area contributed by atoms with Crippen molar-refractivity contribution in [2.75, 3.05) is 17.7 Å². The molecule has 1 fully saturated rings. The summed E-state index contributed by atoms with van der Waals surface area (Å²) in [7, 11) is -5.58. The molecule has 1 aliphatic rings. The number of hydrogen-bond donors (Lipinski definition) is 1. The molecule has 0 radical (unpaired) electrons. The van der Waals surface area contributed by atoms with Gasteiger partial charge < -0.3 is 9.64 Å². The molecule has 0 saturated carbocycles. The van der Waals surface area contributed by atoms with Crippen molar-refractivity contribution in [3.05, 3.63) is 60.3 Å². The van der Waals surface area contributed by atoms with Gasteiger partial charge in [-0.3, -0.25) is 4.79 Å². The largest absolute Gasteiger partial charge is 0.480 e. The van der Waals surface area contributed by atoms with E-state index in [4.69, 9.17) is 9.72 Å². The Bertz CT molecular complexity index is 1440. The van der Waals surface area contributed by atoms with Gasteiger partial charge in [-0.25, -0.2) is 22.8 Å². The lowest BCUT2D eigenvalue weighted by molar-refractivity contribution is 0.0981. The number of benzene rings is 1. The maximum Gasteiger partial charge on any atom is 0.268 e. The molecule has 39 heavy (non-hydrogen) atoms. The molecule has 0 bridgehead atoms. The zero-order chi connectivity index (χ0) is 28.6. The van der Waals surface area contributed by atoms with Crippen LogP contribution in [0.15, 0.2) is 59.6 Å². The van der Waals surface area contributed by atoms with Crippen molar-refractivity contribution in [3.63, 3.8) is 0 Å². The average molecular weight is 570 g/mol. The fourth-order valence-corrected chi connectivity index (χ4v) is 6.52. The molecule has 1 aromatic carbocycles.